The van der Waals surface area contributed by atoms with Gasteiger partial charge in [-0.2, -0.15) is 0 Å². The first-order chi connectivity index (χ1) is 19.5. The molecule has 3 heterocycles. The van der Waals surface area contributed by atoms with Crippen molar-refractivity contribution < 1.29 is 36.3 Å². The average molecular weight is 599 g/mol. The smallest absolute Gasteiger partial charge is 0.406 e. The van der Waals surface area contributed by atoms with Gasteiger partial charge in [-0.05, 0) is 36.8 Å². The number of carbonyl (C=O) groups excluding carboxylic acids is 2. The van der Waals surface area contributed by atoms with E-state index in [1.165, 1.54) is 35.7 Å². The van der Waals surface area contributed by atoms with Gasteiger partial charge in [0.1, 0.15) is 28.4 Å². The third-order valence-corrected chi connectivity index (χ3v) is 6.44. The van der Waals surface area contributed by atoms with Crippen LogP contribution >= 0.6 is 11.3 Å². The highest BCUT2D eigenvalue weighted by atomic mass is 32.1. The standard InChI is InChI=1S/C24H23F5N8O3S/c1-36-19(22(39)31-11-15-10-17(3-4-18(15)26)40-24(27,28)29)13-37(35-36)12-16(25)2-5-20-33-34-23(41-20)32-21(38)14-6-8-30-9-7-14/h3-4,6-10,13,16,35H,2,5,11-12H2,1H3,(H,31,39)(H,32,34,38). The zero-order valence-electron chi connectivity index (χ0n) is 21.3. The van der Waals surface area contributed by atoms with Gasteiger partial charge in [0.2, 0.25) is 5.13 Å². The van der Waals surface area contributed by atoms with E-state index >= 15 is 0 Å². The Morgan fingerprint density at radius 3 is 2.63 bits per heavy atom. The molecule has 0 spiro atoms. The fourth-order valence-electron chi connectivity index (χ4n) is 3.63. The molecule has 3 N–H and O–H groups in total. The lowest BCUT2D eigenvalue weighted by molar-refractivity contribution is -0.274. The zero-order valence-corrected chi connectivity index (χ0v) is 22.1. The van der Waals surface area contributed by atoms with Gasteiger partial charge in [-0.3, -0.25) is 29.9 Å². The molecule has 0 radical (unpaired) electrons. The van der Waals surface area contributed by atoms with Crippen molar-refractivity contribution in [2.45, 2.75) is 31.9 Å². The Labute approximate surface area is 234 Å². The van der Waals surface area contributed by atoms with Crippen LogP contribution in [0.4, 0.5) is 27.1 Å². The molecule has 218 valence electrons. The monoisotopic (exact) mass is 598 g/mol. The summed E-state index contributed by atoms with van der Waals surface area (Å²) in [5, 5.41) is 16.4. The molecule has 1 unspecified atom stereocenters. The summed E-state index contributed by atoms with van der Waals surface area (Å²) < 4.78 is 69.8. The van der Waals surface area contributed by atoms with Gasteiger partial charge in [-0.15, -0.1) is 28.9 Å². The van der Waals surface area contributed by atoms with E-state index in [0.29, 0.717) is 10.6 Å². The fourth-order valence-corrected chi connectivity index (χ4v) is 4.38. The van der Waals surface area contributed by atoms with E-state index in [-0.39, 0.29) is 41.7 Å². The number of pyridine rings is 1. The molecule has 1 atom stereocenters. The molecule has 2 aromatic heterocycles. The lowest BCUT2D eigenvalue weighted by atomic mass is 10.2. The van der Waals surface area contributed by atoms with Crippen molar-refractivity contribution in [3.05, 3.63) is 76.6 Å². The van der Waals surface area contributed by atoms with Gasteiger partial charge >= 0.3 is 6.36 Å². The number of hydrogen-bond acceptors (Lipinski definition) is 10. The predicted octanol–water partition coefficient (Wildman–Crippen LogP) is 3.32. The number of benzene rings is 1. The van der Waals surface area contributed by atoms with E-state index in [1.54, 1.807) is 12.1 Å². The molecule has 0 fully saturated rings. The summed E-state index contributed by atoms with van der Waals surface area (Å²) in [6.07, 6.45) is -1.62. The van der Waals surface area contributed by atoms with Crippen LogP contribution in [0.25, 0.3) is 0 Å². The van der Waals surface area contributed by atoms with E-state index in [2.05, 4.69) is 36.1 Å². The molecule has 0 saturated carbocycles. The molecular formula is C24H23F5N8O3S. The van der Waals surface area contributed by atoms with Crippen LogP contribution in [0.1, 0.15) is 27.3 Å². The van der Waals surface area contributed by atoms with Gasteiger partial charge in [0.05, 0.1) is 6.54 Å². The van der Waals surface area contributed by atoms with Crippen LogP contribution in [0, 0.1) is 5.82 Å². The Hall–Kier alpha value is -4.38. The normalized spacial score (nSPS) is 14.0. The Kier molecular flexibility index (Phi) is 9.28. The Morgan fingerprint density at radius 2 is 1.90 bits per heavy atom. The second-order valence-electron chi connectivity index (χ2n) is 8.64. The summed E-state index contributed by atoms with van der Waals surface area (Å²) in [6, 6.07) is 5.56. The SMILES string of the molecule is CN1NN(CC(F)CCc2nnc(NC(=O)c3ccncc3)s2)C=C1C(=O)NCc1cc(OC(F)(F)F)ccc1F. The molecule has 41 heavy (non-hydrogen) atoms. The highest BCUT2D eigenvalue weighted by Crippen LogP contribution is 2.25. The number of aromatic nitrogens is 3. The molecular weight excluding hydrogens is 575 g/mol. The van der Waals surface area contributed by atoms with E-state index in [9.17, 15) is 31.5 Å². The number of hydrazine groups is 2. The van der Waals surface area contributed by atoms with Crippen molar-refractivity contribution in [2.24, 2.45) is 0 Å². The quantitative estimate of drug-likeness (QED) is 0.285. The summed E-state index contributed by atoms with van der Waals surface area (Å²) in [5.41, 5.74) is 3.03. The van der Waals surface area contributed by atoms with Crippen LogP contribution in [-0.4, -0.2) is 63.1 Å². The third kappa shape index (κ3) is 8.55. The van der Waals surface area contributed by atoms with Crippen molar-refractivity contribution in [3.63, 3.8) is 0 Å². The van der Waals surface area contributed by atoms with Crippen LogP contribution in [0.3, 0.4) is 0 Å². The van der Waals surface area contributed by atoms with Gasteiger partial charge in [0.25, 0.3) is 11.8 Å². The Morgan fingerprint density at radius 1 is 1.15 bits per heavy atom. The summed E-state index contributed by atoms with van der Waals surface area (Å²) in [7, 11) is 1.50. The van der Waals surface area contributed by atoms with Crippen LogP contribution in [0.2, 0.25) is 0 Å². The van der Waals surface area contributed by atoms with Crippen LogP contribution < -0.4 is 20.9 Å². The third-order valence-electron chi connectivity index (χ3n) is 5.54. The minimum atomic E-state index is -4.95. The second-order valence-corrected chi connectivity index (χ2v) is 9.70. The second kappa shape index (κ2) is 12.9. The number of likely N-dealkylation sites (N-methyl/N-ethyl adjacent to an activating group) is 1. The lowest BCUT2D eigenvalue weighted by Crippen LogP contribution is -2.42. The zero-order chi connectivity index (χ0) is 29.6. The number of amides is 2. The summed E-state index contributed by atoms with van der Waals surface area (Å²) in [6.45, 7) is -0.541. The topological polar surface area (TPSA) is 125 Å². The largest absolute Gasteiger partial charge is 0.573 e. The minimum absolute atomic E-state index is 0.0685. The molecule has 1 aliphatic rings. The van der Waals surface area contributed by atoms with Gasteiger partial charge < -0.3 is 10.1 Å². The number of alkyl halides is 4. The molecule has 1 aliphatic heterocycles. The molecule has 1 aromatic carbocycles. The van der Waals surface area contributed by atoms with Crippen molar-refractivity contribution >= 4 is 28.3 Å². The van der Waals surface area contributed by atoms with Crippen molar-refractivity contribution in [1.29, 1.82) is 0 Å². The van der Waals surface area contributed by atoms with E-state index in [1.807, 2.05) is 0 Å². The van der Waals surface area contributed by atoms with E-state index in [4.69, 9.17) is 0 Å². The van der Waals surface area contributed by atoms with Crippen LogP contribution in [-0.2, 0) is 17.8 Å². The number of rotatable bonds is 11. The summed E-state index contributed by atoms with van der Waals surface area (Å²) >= 11 is 1.12. The summed E-state index contributed by atoms with van der Waals surface area (Å²) in [4.78, 5) is 28.7. The first-order valence-corrected chi connectivity index (χ1v) is 12.8. The molecule has 3 aromatic rings. The average Bonchev–Trinajstić information content (AvgIpc) is 3.52. The number of halogens is 5. The van der Waals surface area contributed by atoms with Gasteiger partial charge in [0.15, 0.2) is 0 Å². The number of anilines is 1. The van der Waals surface area contributed by atoms with Crippen molar-refractivity contribution in [2.75, 3.05) is 18.9 Å². The number of hydrogen-bond donors (Lipinski definition) is 3. The molecule has 0 bridgehead atoms. The van der Waals surface area contributed by atoms with E-state index in [0.717, 1.165) is 29.5 Å². The minimum Gasteiger partial charge on any atom is -0.406 e. The lowest BCUT2D eigenvalue weighted by Gasteiger charge is -2.21. The number of carbonyl (C=O) groups is 2. The molecule has 2 amide bonds. The number of nitrogens with zero attached hydrogens (tertiary/aromatic N) is 5. The predicted molar refractivity (Wildman–Crippen MR) is 136 cm³/mol. The van der Waals surface area contributed by atoms with Gasteiger partial charge in [-0.1, -0.05) is 11.3 Å². The first kappa shape index (κ1) is 29.6. The molecule has 0 saturated heterocycles. The molecule has 17 heteroatoms. The number of nitrogens with one attached hydrogen (secondary N) is 3. The number of ether oxygens (including phenoxy) is 1. The first-order valence-electron chi connectivity index (χ1n) is 12.0. The van der Waals surface area contributed by atoms with Crippen LogP contribution in [0.5, 0.6) is 5.75 Å². The molecule has 11 nitrogen and oxygen atoms in total. The highest BCUT2D eigenvalue weighted by Gasteiger charge is 2.31. The maximum Gasteiger partial charge on any atom is 0.573 e. The van der Waals surface area contributed by atoms with Gasteiger partial charge in [0, 0.05) is 49.7 Å². The van der Waals surface area contributed by atoms with Crippen molar-refractivity contribution in [1.82, 2.24) is 36.1 Å². The highest BCUT2D eigenvalue weighted by molar-refractivity contribution is 7.15. The van der Waals surface area contributed by atoms with E-state index < -0.39 is 36.6 Å². The van der Waals surface area contributed by atoms with Crippen molar-refractivity contribution in [3.8, 4) is 5.75 Å². The molecule has 4 rings (SSSR count). The summed E-state index contributed by atoms with van der Waals surface area (Å²) in [5.74, 6) is -2.49. The number of aryl methyl sites for hydroxylation is 1. The Bertz CT molecular complexity index is 1410. The maximum atomic E-state index is 14.7. The van der Waals surface area contributed by atoms with Crippen LogP contribution in [0.15, 0.2) is 54.6 Å². The van der Waals surface area contributed by atoms with Gasteiger partial charge in [-0.25, -0.2) is 8.78 Å². The fraction of sp³-hybridized carbons (Fsp3) is 0.292. The maximum absolute atomic E-state index is 14.7. The molecule has 0 aliphatic carbocycles. The Balaban J connectivity index is 1.24.